The maximum absolute atomic E-state index is 5.52. The van der Waals surface area contributed by atoms with Crippen LogP contribution >= 0.6 is 0 Å². The minimum Gasteiger partial charge on any atom is -0.355 e. The van der Waals surface area contributed by atoms with Gasteiger partial charge in [-0.25, -0.2) is 15.0 Å². The maximum Gasteiger partial charge on any atom is 0.182 e. The van der Waals surface area contributed by atoms with E-state index < -0.39 is 0 Å². The van der Waals surface area contributed by atoms with Crippen LogP contribution in [0.2, 0.25) is 0 Å². The van der Waals surface area contributed by atoms with Crippen LogP contribution in [0.5, 0.6) is 0 Å². The van der Waals surface area contributed by atoms with Gasteiger partial charge in [0.05, 0.1) is 6.33 Å². The van der Waals surface area contributed by atoms with Gasteiger partial charge >= 0.3 is 0 Å². The second-order valence-electron chi connectivity index (χ2n) is 3.52. The predicted octanol–water partition coefficient (Wildman–Crippen LogP) is 0.528. The number of nitrogens with zero attached hydrogens (tertiary/aromatic N) is 4. The van der Waals surface area contributed by atoms with Gasteiger partial charge in [-0.3, -0.25) is 0 Å². The van der Waals surface area contributed by atoms with Gasteiger partial charge in [-0.05, 0) is 19.9 Å². The zero-order valence-corrected chi connectivity index (χ0v) is 9.35. The number of H-pyrrole nitrogens is 1. The number of aromatic amines is 1. The molecule has 86 valence electrons. The number of fused-ring (bicyclic) bond motifs is 1. The lowest BCUT2D eigenvalue weighted by atomic mass is 10.3. The van der Waals surface area contributed by atoms with Crippen LogP contribution in [0, 0.1) is 0 Å². The Morgan fingerprint density at radius 2 is 2.25 bits per heavy atom. The Morgan fingerprint density at radius 1 is 1.38 bits per heavy atom. The van der Waals surface area contributed by atoms with E-state index in [0.717, 1.165) is 30.8 Å². The predicted molar refractivity (Wildman–Crippen MR) is 63.2 cm³/mol. The van der Waals surface area contributed by atoms with Crippen LogP contribution < -0.4 is 10.6 Å². The average Bonchev–Trinajstić information content (AvgIpc) is 2.78. The molecule has 0 aliphatic rings. The van der Waals surface area contributed by atoms with E-state index in [0.29, 0.717) is 12.2 Å². The maximum atomic E-state index is 5.52. The Hall–Kier alpha value is -1.69. The van der Waals surface area contributed by atoms with Crippen molar-refractivity contribution in [1.29, 1.82) is 0 Å². The molecule has 0 aromatic carbocycles. The molecule has 0 saturated carbocycles. The molecule has 0 bridgehead atoms. The highest BCUT2D eigenvalue weighted by atomic mass is 15.2. The van der Waals surface area contributed by atoms with E-state index in [1.54, 1.807) is 12.7 Å². The summed E-state index contributed by atoms with van der Waals surface area (Å²) in [5, 5.41) is 0. The molecule has 2 aromatic heterocycles. The molecule has 0 spiro atoms. The van der Waals surface area contributed by atoms with Gasteiger partial charge in [-0.15, -0.1) is 0 Å². The first-order valence-electron chi connectivity index (χ1n) is 5.46. The molecule has 2 heterocycles. The lowest BCUT2D eigenvalue weighted by Crippen LogP contribution is -2.26. The molecular weight excluding hydrogens is 204 g/mol. The first kappa shape index (κ1) is 10.8. The number of anilines is 1. The van der Waals surface area contributed by atoms with Crippen LogP contribution in [-0.2, 0) is 0 Å². The molecule has 0 aliphatic carbocycles. The molecular formula is C10H16N6. The van der Waals surface area contributed by atoms with Gasteiger partial charge in [0.2, 0.25) is 0 Å². The van der Waals surface area contributed by atoms with Crippen molar-refractivity contribution in [1.82, 2.24) is 19.9 Å². The Morgan fingerprint density at radius 3 is 3.00 bits per heavy atom. The van der Waals surface area contributed by atoms with Crippen molar-refractivity contribution in [3.8, 4) is 0 Å². The lowest BCUT2D eigenvalue weighted by molar-refractivity contribution is 0.746. The minimum absolute atomic E-state index is 0.688. The standard InChI is InChI=1S/C10H16N6/c1-2-16(5-3-4-11)10-8-9(13-6-12-8)14-7-15-10/h6-7H,2-5,11H2,1H3,(H,12,13,14,15). The molecule has 0 amide bonds. The molecule has 0 aliphatic heterocycles. The molecule has 0 radical (unpaired) electrons. The number of nitrogens with two attached hydrogens (primary N) is 1. The fourth-order valence-corrected chi connectivity index (χ4v) is 1.69. The summed E-state index contributed by atoms with van der Waals surface area (Å²) in [7, 11) is 0. The molecule has 0 atom stereocenters. The van der Waals surface area contributed by atoms with Crippen molar-refractivity contribution in [2.24, 2.45) is 5.73 Å². The number of hydrogen-bond donors (Lipinski definition) is 2. The Bertz CT molecular complexity index is 451. The second-order valence-corrected chi connectivity index (χ2v) is 3.52. The number of nitrogens with one attached hydrogen (secondary N) is 1. The van der Waals surface area contributed by atoms with Gasteiger partial charge in [0.25, 0.3) is 0 Å². The fraction of sp³-hybridized carbons (Fsp3) is 0.500. The van der Waals surface area contributed by atoms with Gasteiger partial charge in [-0.2, -0.15) is 0 Å². The highest BCUT2D eigenvalue weighted by Gasteiger charge is 2.11. The van der Waals surface area contributed by atoms with Crippen molar-refractivity contribution in [2.75, 3.05) is 24.5 Å². The topological polar surface area (TPSA) is 83.7 Å². The van der Waals surface area contributed by atoms with Crippen molar-refractivity contribution >= 4 is 17.0 Å². The van der Waals surface area contributed by atoms with Crippen LogP contribution in [0.15, 0.2) is 12.7 Å². The van der Waals surface area contributed by atoms with Crippen LogP contribution in [0.3, 0.4) is 0 Å². The molecule has 6 heteroatoms. The zero-order valence-electron chi connectivity index (χ0n) is 9.35. The summed E-state index contributed by atoms with van der Waals surface area (Å²) in [5.41, 5.74) is 7.12. The first-order chi connectivity index (χ1) is 7.86. The average molecular weight is 220 g/mol. The number of aromatic nitrogens is 4. The SMILES string of the molecule is CCN(CCCN)c1ncnc2nc[nH]c12. The van der Waals surface area contributed by atoms with E-state index in [4.69, 9.17) is 5.73 Å². The summed E-state index contributed by atoms with van der Waals surface area (Å²) in [4.78, 5) is 17.8. The van der Waals surface area contributed by atoms with Gasteiger partial charge < -0.3 is 15.6 Å². The molecule has 0 fully saturated rings. The third-order valence-corrected chi connectivity index (χ3v) is 2.52. The van der Waals surface area contributed by atoms with Crippen LogP contribution in [0.25, 0.3) is 11.2 Å². The Kier molecular flexibility index (Phi) is 3.31. The van der Waals surface area contributed by atoms with E-state index in [2.05, 4.69) is 31.8 Å². The second kappa shape index (κ2) is 4.89. The van der Waals surface area contributed by atoms with Gasteiger partial charge in [0, 0.05) is 13.1 Å². The lowest BCUT2D eigenvalue weighted by Gasteiger charge is -2.21. The monoisotopic (exact) mass is 220 g/mol. The summed E-state index contributed by atoms with van der Waals surface area (Å²) in [6.07, 6.45) is 4.14. The summed E-state index contributed by atoms with van der Waals surface area (Å²) in [6.45, 7) is 4.58. The molecule has 3 N–H and O–H groups in total. The molecule has 16 heavy (non-hydrogen) atoms. The third kappa shape index (κ3) is 1.96. The highest BCUT2D eigenvalue weighted by Crippen LogP contribution is 2.19. The minimum atomic E-state index is 0.688. The smallest absolute Gasteiger partial charge is 0.182 e. The number of rotatable bonds is 5. The fourth-order valence-electron chi connectivity index (χ4n) is 1.69. The molecule has 2 aromatic rings. The quantitative estimate of drug-likeness (QED) is 0.767. The summed E-state index contributed by atoms with van der Waals surface area (Å²) < 4.78 is 0. The zero-order chi connectivity index (χ0) is 11.4. The van der Waals surface area contributed by atoms with Crippen LogP contribution in [0.4, 0.5) is 5.82 Å². The van der Waals surface area contributed by atoms with Crippen molar-refractivity contribution < 1.29 is 0 Å². The van der Waals surface area contributed by atoms with Gasteiger partial charge in [0.1, 0.15) is 11.8 Å². The molecule has 0 unspecified atom stereocenters. The van der Waals surface area contributed by atoms with Gasteiger partial charge in [0.15, 0.2) is 11.5 Å². The largest absolute Gasteiger partial charge is 0.355 e. The van der Waals surface area contributed by atoms with Crippen LogP contribution in [0.1, 0.15) is 13.3 Å². The van der Waals surface area contributed by atoms with Crippen molar-refractivity contribution in [2.45, 2.75) is 13.3 Å². The summed E-state index contributed by atoms with van der Waals surface area (Å²) in [5.74, 6) is 0.901. The van der Waals surface area contributed by atoms with Crippen molar-refractivity contribution in [3.63, 3.8) is 0 Å². The Labute approximate surface area is 93.9 Å². The number of imidazole rings is 1. The Balaban J connectivity index is 2.32. The van der Waals surface area contributed by atoms with Gasteiger partial charge in [-0.1, -0.05) is 0 Å². The van der Waals surface area contributed by atoms with Crippen LogP contribution in [-0.4, -0.2) is 39.6 Å². The number of hydrogen-bond acceptors (Lipinski definition) is 5. The molecule has 6 nitrogen and oxygen atoms in total. The molecule has 2 rings (SSSR count). The van der Waals surface area contributed by atoms with E-state index in [1.165, 1.54) is 0 Å². The third-order valence-electron chi connectivity index (χ3n) is 2.52. The summed E-state index contributed by atoms with van der Waals surface area (Å²) >= 11 is 0. The van der Waals surface area contributed by atoms with E-state index in [-0.39, 0.29) is 0 Å². The van der Waals surface area contributed by atoms with E-state index in [1.807, 2.05) is 0 Å². The van der Waals surface area contributed by atoms with E-state index >= 15 is 0 Å². The van der Waals surface area contributed by atoms with E-state index in [9.17, 15) is 0 Å². The summed E-state index contributed by atoms with van der Waals surface area (Å²) in [6, 6.07) is 0. The normalized spacial score (nSPS) is 10.9. The first-order valence-corrected chi connectivity index (χ1v) is 5.46. The molecule has 0 saturated heterocycles. The highest BCUT2D eigenvalue weighted by molar-refractivity contribution is 5.82. The van der Waals surface area contributed by atoms with Crippen molar-refractivity contribution in [3.05, 3.63) is 12.7 Å².